The summed E-state index contributed by atoms with van der Waals surface area (Å²) in [6, 6.07) is 7.21. The Bertz CT molecular complexity index is 331. The number of ether oxygens (including phenoxy) is 1. The van der Waals surface area contributed by atoms with Crippen LogP contribution in [0, 0.1) is 0 Å². The molecule has 0 saturated heterocycles. The summed E-state index contributed by atoms with van der Waals surface area (Å²) < 4.78 is 4.44. The van der Waals surface area contributed by atoms with Gasteiger partial charge in [-0.1, -0.05) is 23.7 Å². The van der Waals surface area contributed by atoms with Crippen molar-refractivity contribution in [3.8, 4) is 0 Å². The first-order valence-electron chi connectivity index (χ1n) is 3.74. The van der Waals surface area contributed by atoms with Gasteiger partial charge in [0.05, 0.1) is 7.11 Å². The highest BCUT2D eigenvalue weighted by atomic mass is 35.5. The van der Waals surface area contributed by atoms with Gasteiger partial charge in [0.2, 0.25) is 0 Å². The Balaban J connectivity index is 2.74. The lowest BCUT2D eigenvalue weighted by Gasteiger charge is -1.93. The fraction of sp³-hybridized carbons (Fsp3) is 0.100. The quantitative estimate of drug-likeness (QED) is 0.537. The van der Waals surface area contributed by atoms with E-state index < -0.39 is 0 Å². The summed E-state index contributed by atoms with van der Waals surface area (Å²) in [5.41, 5.74) is 0.873. The van der Waals surface area contributed by atoms with Crippen LogP contribution >= 0.6 is 11.6 Å². The third-order valence-corrected chi connectivity index (χ3v) is 1.70. The van der Waals surface area contributed by atoms with Crippen molar-refractivity contribution in [3.05, 3.63) is 40.9 Å². The maximum atomic E-state index is 10.7. The van der Waals surface area contributed by atoms with Gasteiger partial charge >= 0.3 is 5.97 Å². The van der Waals surface area contributed by atoms with Crippen molar-refractivity contribution < 1.29 is 9.53 Å². The summed E-state index contributed by atoms with van der Waals surface area (Å²) in [6.07, 6.45) is 3.00. The number of hydrogen-bond acceptors (Lipinski definition) is 2. The Labute approximate surface area is 81.8 Å². The molecule has 1 aromatic carbocycles. The molecule has 0 radical (unpaired) electrons. The zero-order chi connectivity index (χ0) is 9.68. The van der Waals surface area contributed by atoms with E-state index in [9.17, 15) is 4.79 Å². The smallest absolute Gasteiger partial charge is 0.330 e. The number of carbonyl (C=O) groups excluding carboxylic acids is 1. The lowest BCUT2D eigenvalue weighted by Crippen LogP contribution is -1.93. The number of benzene rings is 1. The summed E-state index contributed by atoms with van der Waals surface area (Å²) in [4.78, 5) is 10.7. The molecule has 0 aliphatic heterocycles. The SMILES string of the molecule is COC(=O)C=Cc1cccc(Cl)c1. The molecule has 1 rings (SSSR count). The highest BCUT2D eigenvalue weighted by Gasteiger charge is 1.92. The highest BCUT2D eigenvalue weighted by molar-refractivity contribution is 6.30. The number of carbonyl (C=O) groups is 1. The molecule has 3 heteroatoms. The van der Waals surface area contributed by atoms with Gasteiger partial charge in [-0.05, 0) is 23.8 Å². The molecule has 0 fully saturated rings. The van der Waals surface area contributed by atoms with Crippen molar-refractivity contribution in [2.75, 3.05) is 7.11 Å². The van der Waals surface area contributed by atoms with E-state index in [4.69, 9.17) is 11.6 Å². The van der Waals surface area contributed by atoms with Crippen LogP contribution in [-0.2, 0) is 9.53 Å². The molecule has 0 heterocycles. The van der Waals surface area contributed by atoms with Crippen molar-refractivity contribution in [1.82, 2.24) is 0 Å². The van der Waals surface area contributed by atoms with Gasteiger partial charge < -0.3 is 4.74 Å². The molecule has 0 bridgehead atoms. The van der Waals surface area contributed by atoms with E-state index in [0.717, 1.165) is 5.56 Å². The zero-order valence-corrected chi connectivity index (χ0v) is 7.91. The molecule has 0 N–H and O–H groups in total. The molecule has 1 aromatic rings. The van der Waals surface area contributed by atoms with Gasteiger partial charge in [0, 0.05) is 11.1 Å². The lowest BCUT2D eigenvalue weighted by atomic mass is 10.2. The fourth-order valence-corrected chi connectivity index (χ4v) is 1.04. The molecule has 13 heavy (non-hydrogen) atoms. The summed E-state index contributed by atoms with van der Waals surface area (Å²) >= 11 is 5.74. The topological polar surface area (TPSA) is 26.3 Å². The zero-order valence-electron chi connectivity index (χ0n) is 7.16. The second-order valence-electron chi connectivity index (χ2n) is 2.41. The summed E-state index contributed by atoms with van der Waals surface area (Å²) in [6.45, 7) is 0. The van der Waals surface area contributed by atoms with E-state index in [-0.39, 0.29) is 5.97 Å². The van der Waals surface area contributed by atoms with Crippen molar-refractivity contribution in [1.29, 1.82) is 0 Å². The Kier molecular flexibility index (Phi) is 3.53. The third kappa shape index (κ3) is 3.30. The van der Waals surface area contributed by atoms with E-state index in [1.165, 1.54) is 13.2 Å². The Morgan fingerprint density at radius 3 is 2.92 bits per heavy atom. The van der Waals surface area contributed by atoms with E-state index in [0.29, 0.717) is 5.02 Å². The lowest BCUT2D eigenvalue weighted by molar-refractivity contribution is -0.134. The average Bonchev–Trinajstić information content (AvgIpc) is 2.14. The van der Waals surface area contributed by atoms with Crippen LogP contribution in [0.3, 0.4) is 0 Å². The third-order valence-electron chi connectivity index (χ3n) is 1.46. The van der Waals surface area contributed by atoms with Crippen LogP contribution in [0.25, 0.3) is 6.08 Å². The monoisotopic (exact) mass is 196 g/mol. The van der Waals surface area contributed by atoms with E-state index >= 15 is 0 Å². The second kappa shape index (κ2) is 4.67. The minimum absolute atomic E-state index is 0.375. The fourth-order valence-electron chi connectivity index (χ4n) is 0.843. The van der Waals surface area contributed by atoms with Gasteiger partial charge in [-0.25, -0.2) is 4.79 Å². The minimum Gasteiger partial charge on any atom is -0.466 e. The van der Waals surface area contributed by atoms with Crippen molar-refractivity contribution in [2.24, 2.45) is 0 Å². The molecular formula is C10H9ClO2. The first-order valence-corrected chi connectivity index (χ1v) is 4.12. The normalized spacial score (nSPS) is 10.3. The second-order valence-corrected chi connectivity index (χ2v) is 2.85. The van der Waals surface area contributed by atoms with Gasteiger partial charge in [0.15, 0.2) is 0 Å². The Hall–Kier alpha value is -1.28. The maximum absolute atomic E-state index is 10.7. The summed E-state index contributed by atoms with van der Waals surface area (Å²) in [5.74, 6) is -0.375. The largest absolute Gasteiger partial charge is 0.466 e. The van der Waals surface area contributed by atoms with E-state index in [1.54, 1.807) is 18.2 Å². The average molecular weight is 197 g/mol. The van der Waals surface area contributed by atoms with Crippen LogP contribution in [0.4, 0.5) is 0 Å². The molecule has 0 unspecified atom stereocenters. The van der Waals surface area contributed by atoms with Gasteiger partial charge in [-0.3, -0.25) is 0 Å². The van der Waals surface area contributed by atoms with Crippen LogP contribution in [0.2, 0.25) is 5.02 Å². The number of hydrogen-bond donors (Lipinski definition) is 0. The molecule has 0 aliphatic carbocycles. The van der Waals surface area contributed by atoms with Gasteiger partial charge in [0.1, 0.15) is 0 Å². The van der Waals surface area contributed by atoms with Crippen LogP contribution in [0.15, 0.2) is 30.3 Å². The van der Waals surface area contributed by atoms with E-state index in [1.807, 2.05) is 12.1 Å². The van der Waals surface area contributed by atoms with Crippen LogP contribution in [-0.4, -0.2) is 13.1 Å². The maximum Gasteiger partial charge on any atom is 0.330 e. The summed E-state index contributed by atoms with van der Waals surface area (Å²) in [5, 5.41) is 0.645. The minimum atomic E-state index is -0.375. The molecule has 0 amide bonds. The molecule has 68 valence electrons. The molecule has 0 aliphatic rings. The highest BCUT2D eigenvalue weighted by Crippen LogP contribution is 2.11. The molecule has 0 spiro atoms. The van der Waals surface area contributed by atoms with Gasteiger partial charge in [-0.15, -0.1) is 0 Å². The van der Waals surface area contributed by atoms with Gasteiger partial charge in [-0.2, -0.15) is 0 Å². The Morgan fingerprint density at radius 1 is 1.54 bits per heavy atom. The number of esters is 1. The standard InChI is InChI=1S/C10H9ClO2/c1-13-10(12)6-5-8-3-2-4-9(11)7-8/h2-7H,1H3. The van der Waals surface area contributed by atoms with Crippen molar-refractivity contribution in [2.45, 2.75) is 0 Å². The molecular weight excluding hydrogens is 188 g/mol. The van der Waals surface area contributed by atoms with Crippen molar-refractivity contribution in [3.63, 3.8) is 0 Å². The Morgan fingerprint density at radius 2 is 2.31 bits per heavy atom. The van der Waals surface area contributed by atoms with Gasteiger partial charge in [0.25, 0.3) is 0 Å². The molecule has 2 nitrogen and oxygen atoms in total. The van der Waals surface area contributed by atoms with Crippen LogP contribution in [0.1, 0.15) is 5.56 Å². The molecule has 0 atom stereocenters. The molecule has 0 aromatic heterocycles. The number of methoxy groups -OCH3 is 1. The predicted molar refractivity (Wildman–Crippen MR) is 52.5 cm³/mol. The van der Waals surface area contributed by atoms with Crippen molar-refractivity contribution >= 4 is 23.6 Å². The van der Waals surface area contributed by atoms with Crippen LogP contribution in [0.5, 0.6) is 0 Å². The van der Waals surface area contributed by atoms with E-state index in [2.05, 4.69) is 4.74 Å². The summed E-state index contributed by atoms with van der Waals surface area (Å²) in [7, 11) is 1.34. The predicted octanol–water partition coefficient (Wildman–Crippen LogP) is 2.53. The first kappa shape index (κ1) is 9.81. The number of rotatable bonds is 2. The van der Waals surface area contributed by atoms with Crippen LogP contribution < -0.4 is 0 Å². The molecule has 0 saturated carbocycles. The first-order chi connectivity index (χ1) is 6.22. The number of halogens is 1.